The summed E-state index contributed by atoms with van der Waals surface area (Å²) in [6.07, 6.45) is 0. The molecule has 4 rings (SSSR count). The molecule has 0 saturated heterocycles. The Morgan fingerprint density at radius 2 is 1.41 bits per heavy atom. The maximum Gasteiger partial charge on any atom is 0.345 e. The van der Waals surface area contributed by atoms with Crippen molar-refractivity contribution < 1.29 is 9.90 Å². The number of nitrogens with zero attached hydrogens (tertiary/aromatic N) is 6. The third kappa shape index (κ3) is 5.04. The number of thiophene rings is 1. The fourth-order valence-corrected chi connectivity index (χ4v) is 4.86. The number of aromatic nitrogens is 1. The van der Waals surface area contributed by atoms with E-state index in [1.807, 2.05) is 24.3 Å². The van der Waals surface area contributed by atoms with E-state index >= 15 is 0 Å². The quantitative estimate of drug-likeness (QED) is 0.269. The first-order valence-electron chi connectivity index (χ1n) is 9.98. The highest BCUT2D eigenvalue weighted by Crippen LogP contribution is 2.35. The summed E-state index contributed by atoms with van der Waals surface area (Å²) in [7, 11) is 0. The Kier molecular flexibility index (Phi) is 6.62. The summed E-state index contributed by atoms with van der Waals surface area (Å²) in [4.78, 5) is 18.5. The van der Waals surface area contributed by atoms with Crippen molar-refractivity contribution in [2.24, 2.45) is 20.5 Å². The summed E-state index contributed by atoms with van der Waals surface area (Å²) in [5, 5.41) is 26.4. The average Bonchev–Trinajstić information content (AvgIpc) is 3.38. The number of azo groups is 2. The van der Waals surface area contributed by atoms with Crippen LogP contribution in [0.5, 0.6) is 0 Å². The van der Waals surface area contributed by atoms with Crippen LogP contribution < -0.4 is 4.90 Å². The molecule has 0 atom stereocenters. The second-order valence-corrected chi connectivity index (χ2v) is 8.73. The van der Waals surface area contributed by atoms with Crippen LogP contribution >= 0.6 is 22.7 Å². The van der Waals surface area contributed by atoms with E-state index in [2.05, 4.69) is 56.3 Å². The van der Waals surface area contributed by atoms with E-state index in [-0.39, 0.29) is 4.88 Å². The topological polar surface area (TPSA) is 103 Å². The normalized spacial score (nSPS) is 11.7. The summed E-state index contributed by atoms with van der Waals surface area (Å²) < 4.78 is 0.794. The Morgan fingerprint density at radius 3 is 1.91 bits per heavy atom. The lowest BCUT2D eigenvalue weighted by atomic mass is 10.2. The van der Waals surface area contributed by atoms with Crippen LogP contribution in [0, 0.1) is 0 Å². The van der Waals surface area contributed by atoms with Crippen LogP contribution in [0.1, 0.15) is 23.5 Å². The molecule has 1 N–H and O–H groups in total. The molecule has 0 unspecified atom stereocenters. The number of carboxylic acids is 1. The lowest BCUT2D eigenvalue weighted by molar-refractivity contribution is 0.0702. The van der Waals surface area contributed by atoms with E-state index in [1.54, 1.807) is 18.2 Å². The highest BCUT2D eigenvalue weighted by Gasteiger charge is 2.12. The highest BCUT2D eigenvalue weighted by atomic mass is 32.1. The molecule has 4 aromatic rings. The van der Waals surface area contributed by atoms with Crippen molar-refractivity contribution in [2.45, 2.75) is 13.8 Å². The minimum absolute atomic E-state index is 0.270. The molecule has 162 valence electrons. The number of aromatic carboxylic acids is 1. The Balaban J connectivity index is 1.39. The molecule has 0 amide bonds. The SMILES string of the molecule is CCN(CC)c1ccc(N=Nc2ccc(N=Nc3nc4sc(C(=O)O)cc4s3)cc2)cc1. The zero-order valence-electron chi connectivity index (χ0n) is 17.5. The van der Waals surface area contributed by atoms with Gasteiger partial charge in [-0.25, -0.2) is 9.78 Å². The van der Waals surface area contributed by atoms with Crippen molar-refractivity contribution in [1.82, 2.24) is 4.98 Å². The summed E-state index contributed by atoms with van der Waals surface area (Å²) in [5.74, 6) is -0.947. The molecule has 2 aromatic carbocycles. The fraction of sp³-hybridized carbons (Fsp3) is 0.182. The molecule has 0 spiro atoms. The zero-order chi connectivity index (χ0) is 22.5. The average molecular weight is 465 g/mol. The molecule has 0 saturated carbocycles. The van der Waals surface area contributed by atoms with E-state index in [0.29, 0.717) is 21.3 Å². The van der Waals surface area contributed by atoms with Gasteiger partial charge in [-0.05, 0) is 68.4 Å². The molecule has 0 radical (unpaired) electrons. The van der Waals surface area contributed by atoms with Crippen molar-refractivity contribution in [3.63, 3.8) is 0 Å². The number of anilines is 1. The number of benzene rings is 2. The van der Waals surface area contributed by atoms with E-state index in [1.165, 1.54) is 17.0 Å². The number of rotatable bonds is 8. The predicted octanol–water partition coefficient (Wildman–Crippen LogP) is 7.73. The Bertz CT molecular complexity index is 1240. The first-order chi connectivity index (χ1) is 15.6. The van der Waals surface area contributed by atoms with Crippen LogP contribution in [0.4, 0.5) is 27.9 Å². The van der Waals surface area contributed by atoms with Gasteiger partial charge in [-0.3, -0.25) is 0 Å². The molecular formula is C22H20N6O2S2. The van der Waals surface area contributed by atoms with E-state index in [9.17, 15) is 4.79 Å². The predicted molar refractivity (Wildman–Crippen MR) is 129 cm³/mol. The second kappa shape index (κ2) is 9.75. The van der Waals surface area contributed by atoms with E-state index in [4.69, 9.17) is 5.11 Å². The fourth-order valence-electron chi connectivity index (χ4n) is 2.99. The van der Waals surface area contributed by atoms with Crippen molar-refractivity contribution >= 4 is 66.1 Å². The molecule has 8 nitrogen and oxygen atoms in total. The van der Waals surface area contributed by atoms with Gasteiger partial charge in [0, 0.05) is 18.8 Å². The standard InChI is InChI=1S/C22H20N6O2S2/c1-3-28(4-2)17-11-9-16(10-12-17)25-24-14-5-7-15(8-6-14)26-27-22-23-20-18(32-22)13-19(31-20)21(29)30/h5-13H,3-4H2,1-2H3,(H,29,30). The van der Waals surface area contributed by atoms with Gasteiger partial charge in [0.1, 0.15) is 9.71 Å². The van der Waals surface area contributed by atoms with Gasteiger partial charge in [-0.15, -0.1) is 21.6 Å². The molecule has 10 heteroatoms. The number of carboxylic acid groups (broad SMARTS) is 1. The van der Waals surface area contributed by atoms with E-state index in [0.717, 1.165) is 34.8 Å². The van der Waals surface area contributed by atoms with Crippen LogP contribution in [-0.2, 0) is 0 Å². The van der Waals surface area contributed by atoms with Crippen molar-refractivity contribution in [3.05, 3.63) is 59.5 Å². The summed E-state index contributed by atoms with van der Waals surface area (Å²) in [5.41, 5.74) is 3.34. The van der Waals surface area contributed by atoms with Gasteiger partial charge in [0.25, 0.3) is 0 Å². The van der Waals surface area contributed by atoms with Crippen LogP contribution in [0.3, 0.4) is 0 Å². The molecule has 0 aliphatic rings. The summed E-state index contributed by atoms with van der Waals surface area (Å²) >= 11 is 2.44. The maximum atomic E-state index is 11.0. The maximum absolute atomic E-state index is 11.0. The van der Waals surface area contributed by atoms with Crippen LogP contribution in [0.15, 0.2) is 75.1 Å². The smallest absolute Gasteiger partial charge is 0.345 e. The monoisotopic (exact) mass is 464 g/mol. The van der Waals surface area contributed by atoms with Gasteiger partial charge in [0.05, 0.1) is 21.8 Å². The highest BCUT2D eigenvalue weighted by molar-refractivity contribution is 7.29. The molecule has 0 aliphatic carbocycles. The first kappa shape index (κ1) is 21.7. The van der Waals surface area contributed by atoms with Gasteiger partial charge in [0.2, 0.25) is 5.13 Å². The summed E-state index contributed by atoms with van der Waals surface area (Å²) in [6.45, 7) is 6.20. The molecular weight excluding hydrogens is 444 g/mol. The number of fused-ring (bicyclic) bond motifs is 1. The Hall–Kier alpha value is -3.50. The van der Waals surface area contributed by atoms with Crippen LogP contribution in [0.25, 0.3) is 9.53 Å². The van der Waals surface area contributed by atoms with Crippen LogP contribution in [0.2, 0.25) is 0 Å². The minimum atomic E-state index is -0.947. The zero-order valence-corrected chi connectivity index (χ0v) is 19.1. The van der Waals surface area contributed by atoms with E-state index < -0.39 is 5.97 Å². The Morgan fingerprint density at radius 1 is 0.875 bits per heavy atom. The van der Waals surface area contributed by atoms with Gasteiger partial charge in [0.15, 0.2) is 0 Å². The number of hydrogen-bond acceptors (Lipinski definition) is 9. The summed E-state index contributed by atoms with van der Waals surface area (Å²) in [6, 6.07) is 16.9. The lowest BCUT2D eigenvalue weighted by Crippen LogP contribution is -2.21. The van der Waals surface area contributed by atoms with Crippen molar-refractivity contribution in [1.29, 1.82) is 0 Å². The number of carbonyl (C=O) groups is 1. The lowest BCUT2D eigenvalue weighted by Gasteiger charge is -2.20. The third-order valence-corrected chi connectivity index (χ3v) is 6.68. The molecule has 32 heavy (non-hydrogen) atoms. The van der Waals surface area contributed by atoms with Gasteiger partial charge >= 0.3 is 5.97 Å². The third-order valence-electron chi connectivity index (χ3n) is 4.65. The van der Waals surface area contributed by atoms with Gasteiger partial charge in [-0.1, -0.05) is 11.3 Å². The van der Waals surface area contributed by atoms with Gasteiger partial charge in [-0.2, -0.15) is 10.2 Å². The number of thiazole rings is 1. The Labute approximate surface area is 192 Å². The molecule has 0 bridgehead atoms. The molecule has 0 fully saturated rings. The van der Waals surface area contributed by atoms with Crippen molar-refractivity contribution in [2.75, 3.05) is 18.0 Å². The second-order valence-electron chi connectivity index (χ2n) is 6.69. The first-order valence-corrected chi connectivity index (χ1v) is 11.6. The molecule has 2 heterocycles. The largest absolute Gasteiger partial charge is 0.477 e. The van der Waals surface area contributed by atoms with Crippen molar-refractivity contribution in [3.8, 4) is 0 Å². The molecule has 0 aliphatic heterocycles. The number of hydrogen-bond donors (Lipinski definition) is 1. The molecule has 2 aromatic heterocycles. The minimum Gasteiger partial charge on any atom is -0.477 e. The van der Waals surface area contributed by atoms with Gasteiger partial charge < -0.3 is 10.0 Å². The van der Waals surface area contributed by atoms with Crippen LogP contribution in [-0.4, -0.2) is 29.1 Å².